The van der Waals surface area contributed by atoms with Crippen molar-refractivity contribution >= 4 is 26.5 Å². The predicted octanol–water partition coefficient (Wildman–Crippen LogP) is 2.76. The van der Waals surface area contributed by atoms with Crippen LogP contribution in [-0.2, 0) is 9.46 Å². The molecule has 2 nitrogen and oxygen atoms in total. The Hall–Kier alpha value is -1.18. The van der Waals surface area contributed by atoms with Gasteiger partial charge in [0.05, 0.1) is 0 Å². The summed E-state index contributed by atoms with van der Waals surface area (Å²) >= 11 is 0. The monoisotopic (exact) mass is 308 g/mol. The molecule has 4 heteroatoms. The maximum absolute atomic E-state index is 12.9. The van der Waals surface area contributed by atoms with Gasteiger partial charge in [-0.25, -0.2) is 0 Å². The molecule has 0 radical (unpaired) electrons. The molecule has 0 amide bonds. The molecule has 0 heterocycles. The minimum atomic E-state index is -3.14. The predicted molar refractivity (Wildman–Crippen MR) is 90.5 cm³/mol. The second-order valence-corrected chi connectivity index (χ2v) is 14.1. The van der Waals surface area contributed by atoms with Crippen molar-refractivity contribution in [2.24, 2.45) is 0 Å². The van der Waals surface area contributed by atoms with E-state index in [9.17, 15) is 8.42 Å². The molecule has 0 aliphatic heterocycles. The average Bonchev–Trinajstić information content (AvgIpc) is 2.50. The van der Waals surface area contributed by atoms with Crippen molar-refractivity contribution in [3.63, 3.8) is 0 Å². The van der Waals surface area contributed by atoms with E-state index in [2.05, 4.69) is 0 Å². The van der Waals surface area contributed by atoms with E-state index in [1.165, 1.54) is 0 Å². The van der Waals surface area contributed by atoms with Crippen molar-refractivity contribution in [1.29, 1.82) is 0 Å². The maximum atomic E-state index is 12.9. The summed E-state index contributed by atoms with van der Waals surface area (Å²) in [4.78, 5) is 0. The molecule has 0 unspecified atom stereocenters. The van der Waals surface area contributed by atoms with Gasteiger partial charge in [0.2, 0.25) is 0 Å². The molecule has 2 aromatic carbocycles. The van der Waals surface area contributed by atoms with Crippen LogP contribution in [0.15, 0.2) is 60.7 Å². The zero-order chi connectivity index (χ0) is 14.6. The van der Waals surface area contributed by atoms with Crippen molar-refractivity contribution in [3.8, 4) is 0 Å². The van der Waals surface area contributed by atoms with Gasteiger partial charge in [0, 0.05) is 0 Å². The summed E-state index contributed by atoms with van der Waals surface area (Å²) in [5, 5.41) is 1.96. The van der Waals surface area contributed by atoms with Gasteiger partial charge in [-0.05, 0) is 0 Å². The van der Waals surface area contributed by atoms with E-state index in [0.717, 1.165) is 10.6 Å². The Kier molecular flexibility index (Phi) is 4.62. The van der Waals surface area contributed by atoms with Crippen molar-refractivity contribution in [2.45, 2.75) is 13.8 Å². The molecule has 0 spiro atoms. The number of benzene rings is 2. The van der Waals surface area contributed by atoms with Gasteiger partial charge in [0.1, 0.15) is 0 Å². The van der Waals surface area contributed by atoms with Gasteiger partial charge in [0.25, 0.3) is 0 Å². The molecule has 20 heavy (non-hydrogen) atoms. The summed E-state index contributed by atoms with van der Waals surface area (Å²) in [6, 6.07) is 19.5. The van der Waals surface area contributed by atoms with Crippen molar-refractivity contribution < 1.29 is 8.42 Å². The molecular weight excluding hydrogens is 287 g/mol. The fourth-order valence-electron chi connectivity index (χ4n) is 2.82. The van der Waals surface area contributed by atoms with Gasteiger partial charge in [-0.1, -0.05) is 0 Å². The van der Waals surface area contributed by atoms with Crippen LogP contribution in [0.2, 0.25) is 0 Å². The van der Waals surface area contributed by atoms with E-state index in [1.807, 2.05) is 67.6 Å². The first-order chi connectivity index (χ1) is 9.58. The standard InChI is InChI=1S/C16H21O2PS/c1-3-19(20(17,18)4-2,15-11-7-5-8-12-15)16-13-9-6-10-14-16/h5-14,19H,3-4H2,1-2H3. The Balaban J connectivity index is 2.79. The summed E-state index contributed by atoms with van der Waals surface area (Å²) in [5.41, 5.74) is 0. The fraction of sp³-hybridized carbons (Fsp3) is 0.250. The number of hydrogen-bond acceptors (Lipinski definition) is 2. The van der Waals surface area contributed by atoms with Crippen LogP contribution in [0.5, 0.6) is 0 Å². The summed E-state index contributed by atoms with van der Waals surface area (Å²) in [5.74, 6) is 0.191. The third-order valence-electron chi connectivity index (χ3n) is 3.89. The van der Waals surface area contributed by atoms with Gasteiger partial charge in [-0.15, -0.1) is 0 Å². The van der Waals surface area contributed by atoms with Gasteiger partial charge in [-0.3, -0.25) is 0 Å². The van der Waals surface area contributed by atoms with Gasteiger partial charge >= 0.3 is 121 Å². The Morgan fingerprint density at radius 2 is 1.20 bits per heavy atom. The molecule has 0 aromatic heterocycles. The molecule has 2 rings (SSSR count). The van der Waals surface area contributed by atoms with E-state index < -0.39 is 15.9 Å². The zero-order valence-electron chi connectivity index (χ0n) is 11.9. The van der Waals surface area contributed by atoms with Gasteiger partial charge in [0.15, 0.2) is 0 Å². The fourth-order valence-corrected chi connectivity index (χ4v) is 12.8. The third kappa shape index (κ3) is 2.41. The molecule has 108 valence electrons. The number of rotatable bonds is 5. The normalized spacial score (nSPS) is 13.1. The minimum absolute atomic E-state index is 0.191. The average molecular weight is 308 g/mol. The first-order valence-electron chi connectivity index (χ1n) is 6.92. The molecule has 0 bridgehead atoms. The molecule has 0 fully saturated rings. The van der Waals surface area contributed by atoms with E-state index >= 15 is 0 Å². The summed E-state index contributed by atoms with van der Waals surface area (Å²) in [7, 11) is -3.14. The first kappa shape index (κ1) is 15.2. The molecule has 0 aliphatic carbocycles. The van der Waals surface area contributed by atoms with Crippen LogP contribution in [0.1, 0.15) is 13.8 Å². The first-order valence-corrected chi connectivity index (χ1v) is 11.5. The molecule has 0 saturated carbocycles. The Bertz CT molecular complexity index is 612. The summed E-state index contributed by atoms with van der Waals surface area (Å²) in [6.45, 7) is 0.971. The topological polar surface area (TPSA) is 34.1 Å². The van der Waals surface area contributed by atoms with Crippen LogP contribution >= 0.6 is 6.46 Å². The molecule has 2 aromatic rings. The van der Waals surface area contributed by atoms with Crippen molar-refractivity contribution in [1.82, 2.24) is 0 Å². The van der Waals surface area contributed by atoms with Gasteiger partial charge < -0.3 is 0 Å². The Morgan fingerprint density at radius 3 is 1.50 bits per heavy atom. The quantitative estimate of drug-likeness (QED) is 0.796. The molecule has 0 atom stereocenters. The third-order valence-corrected chi connectivity index (χ3v) is 15.6. The van der Waals surface area contributed by atoms with Crippen LogP contribution in [0.4, 0.5) is 0 Å². The second-order valence-electron chi connectivity index (χ2n) is 4.82. The van der Waals surface area contributed by atoms with Crippen LogP contribution in [0, 0.1) is 0 Å². The Labute approximate surface area is 121 Å². The zero-order valence-corrected chi connectivity index (χ0v) is 13.7. The SMILES string of the molecule is CC[PH](c1ccccc1)(c1ccccc1)S(=O)(=O)CC. The number of hydrogen-bond donors (Lipinski definition) is 0. The van der Waals surface area contributed by atoms with E-state index in [1.54, 1.807) is 6.92 Å². The van der Waals surface area contributed by atoms with E-state index in [4.69, 9.17) is 0 Å². The van der Waals surface area contributed by atoms with E-state index in [-0.39, 0.29) is 5.75 Å². The Morgan fingerprint density at radius 1 is 0.800 bits per heavy atom. The summed E-state index contributed by atoms with van der Waals surface area (Å²) < 4.78 is 25.8. The van der Waals surface area contributed by atoms with Crippen molar-refractivity contribution in [2.75, 3.05) is 11.9 Å². The molecular formula is C16H21O2PS. The van der Waals surface area contributed by atoms with Crippen LogP contribution in [0.25, 0.3) is 0 Å². The molecule has 0 saturated heterocycles. The van der Waals surface area contributed by atoms with E-state index in [0.29, 0.717) is 6.16 Å². The molecule has 0 N–H and O–H groups in total. The summed E-state index contributed by atoms with van der Waals surface area (Å²) in [6.07, 6.45) is 0.664. The van der Waals surface area contributed by atoms with Crippen LogP contribution in [-0.4, -0.2) is 20.3 Å². The van der Waals surface area contributed by atoms with Crippen LogP contribution in [0.3, 0.4) is 0 Å². The van der Waals surface area contributed by atoms with Gasteiger partial charge in [-0.2, -0.15) is 0 Å². The van der Waals surface area contributed by atoms with Crippen LogP contribution < -0.4 is 10.6 Å². The molecule has 0 aliphatic rings. The second kappa shape index (κ2) is 6.07. The van der Waals surface area contributed by atoms with Crippen molar-refractivity contribution in [3.05, 3.63) is 60.7 Å².